The standard InChI is InChI=1S/C16H22Cl2N2O.2C4H6O6/c17-13-7-12(8-14(18)9-13)11-20(16-1-4-19-10-16)15-2-5-21-6-3-15;2*5-1(3(7)8)2(6)4(9)10/h7-9,15-16,19H,1-6,10-11H2;2*1-2,5-6H,(H,7,8)(H,9,10)/t16-;2*1-,2-/m000/s1. The Kier molecular flexibility index (Phi) is 16.0. The van der Waals surface area contributed by atoms with Crippen molar-refractivity contribution in [3.05, 3.63) is 33.8 Å². The first-order valence-corrected chi connectivity index (χ1v) is 13.0. The molecule has 41 heavy (non-hydrogen) atoms. The van der Waals surface area contributed by atoms with Gasteiger partial charge >= 0.3 is 23.9 Å². The van der Waals surface area contributed by atoms with Crippen LogP contribution in [0.1, 0.15) is 24.8 Å². The van der Waals surface area contributed by atoms with E-state index in [0.29, 0.717) is 22.1 Å². The summed E-state index contributed by atoms with van der Waals surface area (Å²) in [6, 6.07) is 7.06. The number of rotatable bonds is 10. The first-order valence-electron chi connectivity index (χ1n) is 12.3. The molecule has 0 unspecified atom stereocenters. The summed E-state index contributed by atoms with van der Waals surface area (Å²) in [6.07, 6.45) is -5.62. The van der Waals surface area contributed by atoms with Crippen molar-refractivity contribution in [1.82, 2.24) is 10.2 Å². The average Bonchev–Trinajstić information content (AvgIpc) is 3.45. The summed E-state index contributed by atoms with van der Waals surface area (Å²) in [5.41, 5.74) is 1.20. The number of halogens is 2. The SMILES string of the molecule is Clc1cc(Cl)cc(CN(C2CCOCC2)[C@H]2CCNC2)c1.O=C(O)[C@@H](O)[C@H](O)C(=O)O.O=C(O)[C@@H](O)[C@H](O)C(=O)O. The Morgan fingerprint density at radius 2 is 1.17 bits per heavy atom. The fraction of sp³-hybridized carbons (Fsp3) is 0.583. The van der Waals surface area contributed by atoms with Gasteiger partial charge in [-0.25, -0.2) is 19.2 Å². The predicted molar refractivity (Wildman–Crippen MR) is 142 cm³/mol. The highest BCUT2D eigenvalue weighted by Gasteiger charge is 2.31. The minimum Gasteiger partial charge on any atom is -0.479 e. The van der Waals surface area contributed by atoms with E-state index in [2.05, 4.69) is 10.2 Å². The number of hydrogen-bond donors (Lipinski definition) is 9. The molecule has 0 aliphatic carbocycles. The predicted octanol–water partition coefficient (Wildman–Crippen LogP) is -0.909. The van der Waals surface area contributed by atoms with Crippen molar-refractivity contribution in [2.24, 2.45) is 0 Å². The molecular formula is C24H34Cl2N2O13. The van der Waals surface area contributed by atoms with Gasteiger partial charge in [-0.15, -0.1) is 0 Å². The lowest BCUT2D eigenvalue weighted by Gasteiger charge is -2.38. The van der Waals surface area contributed by atoms with Crippen LogP contribution in [0.5, 0.6) is 0 Å². The summed E-state index contributed by atoms with van der Waals surface area (Å²) in [5.74, 6) is -7.07. The van der Waals surface area contributed by atoms with E-state index >= 15 is 0 Å². The lowest BCUT2D eigenvalue weighted by atomic mass is 10.0. The van der Waals surface area contributed by atoms with Crippen molar-refractivity contribution in [2.75, 3.05) is 26.3 Å². The zero-order valence-electron chi connectivity index (χ0n) is 21.7. The van der Waals surface area contributed by atoms with Gasteiger partial charge in [0.25, 0.3) is 0 Å². The highest BCUT2D eigenvalue weighted by molar-refractivity contribution is 6.34. The van der Waals surface area contributed by atoms with Gasteiger partial charge in [-0.3, -0.25) is 4.90 Å². The van der Waals surface area contributed by atoms with Crippen molar-refractivity contribution < 1.29 is 64.8 Å². The number of carboxylic acid groups (broad SMARTS) is 4. The second-order valence-electron chi connectivity index (χ2n) is 9.07. The first kappa shape index (κ1) is 36.4. The van der Waals surface area contributed by atoms with Crippen LogP contribution >= 0.6 is 23.2 Å². The Bertz CT molecular complexity index is 927. The molecule has 15 nitrogen and oxygen atoms in total. The minimum atomic E-state index is -2.27. The molecule has 1 aromatic rings. The molecule has 2 heterocycles. The fourth-order valence-electron chi connectivity index (χ4n) is 3.95. The second-order valence-corrected chi connectivity index (χ2v) is 9.95. The summed E-state index contributed by atoms with van der Waals surface area (Å²) in [4.78, 5) is 41.7. The van der Waals surface area contributed by atoms with Gasteiger partial charge in [-0.2, -0.15) is 0 Å². The number of carboxylic acids is 4. The molecule has 232 valence electrons. The van der Waals surface area contributed by atoms with E-state index in [4.69, 9.17) is 68.8 Å². The number of aliphatic hydroxyl groups excluding tert-OH is 4. The highest BCUT2D eigenvalue weighted by Crippen LogP contribution is 2.26. The van der Waals surface area contributed by atoms with Crippen LogP contribution in [-0.2, 0) is 30.5 Å². The summed E-state index contributed by atoms with van der Waals surface area (Å²) in [7, 11) is 0. The molecule has 0 amide bonds. The molecule has 0 spiro atoms. The van der Waals surface area contributed by atoms with E-state index in [1.165, 1.54) is 12.0 Å². The summed E-state index contributed by atoms with van der Waals surface area (Å²) < 4.78 is 5.52. The van der Waals surface area contributed by atoms with Gasteiger partial charge in [0.05, 0.1) is 0 Å². The maximum Gasteiger partial charge on any atom is 0.335 e. The number of ether oxygens (including phenoxy) is 1. The van der Waals surface area contributed by atoms with Gasteiger partial charge in [-0.1, -0.05) is 23.2 Å². The number of nitrogens with one attached hydrogen (secondary N) is 1. The summed E-state index contributed by atoms with van der Waals surface area (Å²) in [5, 5.41) is 70.0. The van der Waals surface area contributed by atoms with Gasteiger partial charge in [-0.05, 0) is 49.6 Å². The number of aliphatic hydroxyl groups is 4. The zero-order valence-corrected chi connectivity index (χ0v) is 23.2. The molecule has 1 aromatic carbocycles. The minimum absolute atomic E-state index is 0.599. The number of benzene rings is 1. The van der Waals surface area contributed by atoms with Gasteiger partial charge in [0.1, 0.15) is 0 Å². The highest BCUT2D eigenvalue weighted by atomic mass is 35.5. The van der Waals surface area contributed by atoms with Crippen LogP contribution in [0.25, 0.3) is 0 Å². The van der Waals surface area contributed by atoms with E-state index in [9.17, 15) is 19.2 Å². The van der Waals surface area contributed by atoms with Crippen molar-refractivity contribution in [3.63, 3.8) is 0 Å². The van der Waals surface area contributed by atoms with Gasteiger partial charge in [0.2, 0.25) is 0 Å². The van der Waals surface area contributed by atoms with Crippen molar-refractivity contribution in [3.8, 4) is 0 Å². The van der Waals surface area contributed by atoms with Gasteiger partial charge in [0.15, 0.2) is 24.4 Å². The van der Waals surface area contributed by atoms with Crippen LogP contribution in [0, 0.1) is 0 Å². The fourth-order valence-corrected chi connectivity index (χ4v) is 4.52. The maximum absolute atomic E-state index is 9.77. The van der Waals surface area contributed by atoms with Crippen LogP contribution < -0.4 is 5.32 Å². The second kappa shape index (κ2) is 18.0. The zero-order chi connectivity index (χ0) is 31.3. The number of carbonyl (C=O) groups is 4. The number of aliphatic carboxylic acids is 4. The third-order valence-corrected chi connectivity index (χ3v) is 6.50. The topological polar surface area (TPSA) is 255 Å². The molecule has 17 heteroatoms. The van der Waals surface area contributed by atoms with Crippen LogP contribution in [0.3, 0.4) is 0 Å². The van der Waals surface area contributed by atoms with Gasteiger partial charge in [0, 0.05) is 48.4 Å². The van der Waals surface area contributed by atoms with Gasteiger partial charge < -0.3 is 50.9 Å². The van der Waals surface area contributed by atoms with Crippen molar-refractivity contribution in [1.29, 1.82) is 0 Å². The molecule has 2 saturated heterocycles. The maximum atomic E-state index is 9.77. The summed E-state index contributed by atoms with van der Waals surface area (Å²) >= 11 is 12.3. The Morgan fingerprint density at radius 3 is 1.51 bits per heavy atom. The molecular weight excluding hydrogens is 595 g/mol. The number of hydrogen-bond acceptors (Lipinski definition) is 11. The molecule has 3 rings (SSSR count). The quantitative estimate of drug-likeness (QED) is 0.152. The van der Waals surface area contributed by atoms with E-state index in [0.717, 1.165) is 45.7 Å². The number of nitrogens with zero attached hydrogens (tertiary/aromatic N) is 1. The van der Waals surface area contributed by atoms with Crippen LogP contribution in [0.2, 0.25) is 10.0 Å². The molecule has 9 N–H and O–H groups in total. The molecule has 0 aromatic heterocycles. The first-order chi connectivity index (χ1) is 19.1. The third-order valence-electron chi connectivity index (χ3n) is 6.06. The molecule has 5 atom stereocenters. The lowest BCUT2D eigenvalue weighted by Crippen LogP contribution is -2.46. The smallest absolute Gasteiger partial charge is 0.335 e. The Balaban J connectivity index is 0.000000355. The normalized spacial score (nSPS) is 19.9. The van der Waals surface area contributed by atoms with Crippen LogP contribution in [0.15, 0.2) is 18.2 Å². The molecule has 2 aliphatic rings. The van der Waals surface area contributed by atoms with E-state index in [-0.39, 0.29) is 0 Å². The molecule has 0 bridgehead atoms. The monoisotopic (exact) mass is 628 g/mol. The molecule has 2 fully saturated rings. The molecule has 0 radical (unpaired) electrons. The average molecular weight is 629 g/mol. The van der Waals surface area contributed by atoms with Crippen LogP contribution in [0.4, 0.5) is 0 Å². The lowest BCUT2D eigenvalue weighted by molar-refractivity contribution is -0.165. The molecule has 2 aliphatic heterocycles. The van der Waals surface area contributed by atoms with E-state index in [1.807, 2.05) is 12.1 Å². The van der Waals surface area contributed by atoms with E-state index < -0.39 is 48.3 Å². The van der Waals surface area contributed by atoms with Crippen molar-refractivity contribution in [2.45, 2.75) is 62.3 Å². The Labute approximate surface area is 244 Å². The third kappa shape index (κ3) is 12.8. The molecule has 0 saturated carbocycles. The summed E-state index contributed by atoms with van der Waals surface area (Å²) in [6.45, 7) is 4.85. The van der Waals surface area contributed by atoms with E-state index in [1.54, 1.807) is 6.07 Å². The Hall–Kier alpha value is -2.60. The largest absolute Gasteiger partial charge is 0.479 e. The van der Waals surface area contributed by atoms with Crippen molar-refractivity contribution >= 4 is 47.1 Å². The Morgan fingerprint density at radius 1 is 0.756 bits per heavy atom. The van der Waals surface area contributed by atoms with Crippen LogP contribution in [-0.4, -0.2) is 132 Å².